The molecule has 0 radical (unpaired) electrons. The van der Waals surface area contributed by atoms with Crippen molar-refractivity contribution in [2.75, 3.05) is 65.8 Å². The molecular formula is C15H32N4O4S. The molecule has 1 fully saturated rings. The summed E-state index contributed by atoms with van der Waals surface area (Å²) in [6.07, 6.45) is 0.948. The highest BCUT2D eigenvalue weighted by Gasteiger charge is 2.27. The van der Waals surface area contributed by atoms with Gasteiger partial charge in [-0.2, -0.15) is 4.31 Å². The minimum absolute atomic E-state index is 0.0369. The summed E-state index contributed by atoms with van der Waals surface area (Å²) in [5.74, 6) is 0.848. The number of methoxy groups -OCH3 is 1. The average Bonchev–Trinajstić information content (AvgIpc) is 2.55. The number of piperazine rings is 1. The fourth-order valence-electron chi connectivity index (χ4n) is 2.45. The first-order valence-corrected chi connectivity index (χ1v) is 10.1. The largest absolute Gasteiger partial charge is 0.385 e. The van der Waals surface area contributed by atoms with Crippen molar-refractivity contribution >= 4 is 16.0 Å². The van der Waals surface area contributed by atoms with Crippen molar-refractivity contribution in [2.24, 2.45) is 4.99 Å². The number of ether oxygens (including phenoxy) is 2. The van der Waals surface area contributed by atoms with Gasteiger partial charge in [-0.3, -0.25) is 4.99 Å². The molecule has 0 aliphatic carbocycles. The van der Waals surface area contributed by atoms with Crippen LogP contribution in [0.2, 0.25) is 0 Å². The maximum atomic E-state index is 12.3. The van der Waals surface area contributed by atoms with E-state index in [9.17, 15) is 8.42 Å². The molecule has 1 N–H and O–H groups in total. The molecular weight excluding hydrogens is 332 g/mol. The first-order chi connectivity index (χ1) is 11.4. The van der Waals surface area contributed by atoms with E-state index in [-0.39, 0.29) is 18.5 Å². The summed E-state index contributed by atoms with van der Waals surface area (Å²) in [5.41, 5.74) is 0. The van der Waals surface area contributed by atoms with E-state index >= 15 is 0 Å². The molecule has 0 amide bonds. The normalized spacial score (nSPS) is 17.5. The molecule has 142 valence electrons. The van der Waals surface area contributed by atoms with Crippen LogP contribution in [0.1, 0.15) is 20.3 Å². The molecule has 24 heavy (non-hydrogen) atoms. The van der Waals surface area contributed by atoms with Gasteiger partial charge in [0.2, 0.25) is 10.0 Å². The zero-order valence-electron chi connectivity index (χ0n) is 15.3. The van der Waals surface area contributed by atoms with Crippen molar-refractivity contribution < 1.29 is 17.9 Å². The Bertz CT molecular complexity index is 474. The van der Waals surface area contributed by atoms with Crippen molar-refractivity contribution in [1.82, 2.24) is 14.5 Å². The Morgan fingerprint density at radius 1 is 1.21 bits per heavy atom. The summed E-state index contributed by atoms with van der Waals surface area (Å²) in [6, 6.07) is 0. The van der Waals surface area contributed by atoms with Crippen LogP contribution in [0.15, 0.2) is 4.99 Å². The van der Waals surface area contributed by atoms with Gasteiger partial charge in [-0.1, -0.05) is 0 Å². The molecule has 0 aromatic heterocycles. The third-order valence-corrected chi connectivity index (χ3v) is 5.58. The number of aliphatic imine (C=N–C) groups is 1. The van der Waals surface area contributed by atoms with E-state index in [1.807, 2.05) is 13.8 Å². The second-order valence-corrected chi connectivity index (χ2v) is 8.03. The van der Waals surface area contributed by atoms with E-state index in [1.54, 1.807) is 18.5 Å². The smallest absolute Gasteiger partial charge is 0.216 e. The molecule has 0 aromatic carbocycles. The molecule has 0 atom stereocenters. The van der Waals surface area contributed by atoms with Crippen LogP contribution in [0.25, 0.3) is 0 Å². The van der Waals surface area contributed by atoms with Crippen molar-refractivity contribution in [3.8, 4) is 0 Å². The standard InChI is InChI=1S/C15H32N4O4S/c1-14(2)23-12-13-24(20,21)19-9-7-18(8-10-19)15(16-3)17-6-5-11-22-4/h14H,5-13H2,1-4H3,(H,16,17). The second-order valence-electron chi connectivity index (χ2n) is 5.94. The van der Waals surface area contributed by atoms with E-state index in [0.29, 0.717) is 32.8 Å². The number of hydrogen-bond acceptors (Lipinski definition) is 5. The van der Waals surface area contributed by atoms with Crippen LogP contribution in [-0.4, -0.2) is 95.5 Å². The Hall–Kier alpha value is -0.900. The molecule has 0 spiro atoms. The van der Waals surface area contributed by atoms with E-state index in [0.717, 1.165) is 18.9 Å². The van der Waals surface area contributed by atoms with Gasteiger partial charge in [0.25, 0.3) is 0 Å². The number of guanidine groups is 1. The lowest BCUT2D eigenvalue weighted by atomic mass is 10.4. The lowest BCUT2D eigenvalue weighted by Gasteiger charge is -2.35. The first-order valence-electron chi connectivity index (χ1n) is 8.44. The van der Waals surface area contributed by atoms with Gasteiger partial charge in [0, 0.05) is 53.5 Å². The van der Waals surface area contributed by atoms with Gasteiger partial charge in [0.15, 0.2) is 5.96 Å². The summed E-state index contributed by atoms with van der Waals surface area (Å²) in [6.45, 7) is 7.74. The van der Waals surface area contributed by atoms with E-state index < -0.39 is 10.0 Å². The molecule has 9 heteroatoms. The summed E-state index contributed by atoms with van der Waals surface area (Å²) in [7, 11) is 0.168. The molecule has 0 saturated carbocycles. The van der Waals surface area contributed by atoms with Crippen LogP contribution in [0.4, 0.5) is 0 Å². The summed E-state index contributed by atoms with van der Waals surface area (Å²) in [5, 5.41) is 3.28. The summed E-state index contributed by atoms with van der Waals surface area (Å²) >= 11 is 0. The van der Waals surface area contributed by atoms with Gasteiger partial charge in [-0.05, 0) is 20.3 Å². The highest BCUT2D eigenvalue weighted by atomic mass is 32.2. The lowest BCUT2D eigenvalue weighted by molar-refractivity contribution is 0.0904. The Balaban J connectivity index is 2.41. The number of nitrogens with zero attached hydrogens (tertiary/aromatic N) is 3. The molecule has 0 bridgehead atoms. The molecule has 0 aromatic rings. The SMILES string of the molecule is CN=C(NCCCOC)N1CCN(S(=O)(=O)CCOC(C)C)CC1. The van der Waals surface area contributed by atoms with Gasteiger partial charge in [0.05, 0.1) is 18.5 Å². The number of nitrogens with one attached hydrogen (secondary N) is 1. The van der Waals surface area contributed by atoms with Gasteiger partial charge in [-0.15, -0.1) is 0 Å². The minimum atomic E-state index is -3.25. The fraction of sp³-hybridized carbons (Fsp3) is 0.933. The maximum Gasteiger partial charge on any atom is 0.216 e. The topological polar surface area (TPSA) is 83.5 Å². The van der Waals surface area contributed by atoms with Crippen molar-refractivity contribution in [2.45, 2.75) is 26.4 Å². The molecule has 1 aliphatic heterocycles. The quantitative estimate of drug-likeness (QED) is 0.351. The first kappa shape index (κ1) is 21.1. The fourth-order valence-corrected chi connectivity index (χ4v) is 3.73. The van der Waals surface area contributed by atoms with Crippen LogP contribution in [-0.2, 0) is 19.5 Å². The lowest BCUT2D eigenvalue weighted by Crippen LogP contribution is -2.54. The molecule has 1 rings (SSSR count). The molecule has 1 aliphatic rings. The van der Waals surface area contributed by atoms with Crippen molar-refractivity contribution in [3.63, 3.8) is 0 Å². The van der Waals surface area contributed by atoms with E-state index in [2.05, 4.69) is 15.2 Å². The second kappa shape index (κ2) is 10.9. The van der Waals surface area contributed by atoms with Crippen molar-refractivity contribution in [1.29, 1.82) is 0 Å². The molecule has 1 heterocycles. The highest BCUT2D eigenvalue weighted by Crippen LogP contribution is 2.09. The van der Waals surface area contributed by atoms with Crippen LogP contribution < -0.4 is 5.32 Å². The predicted octanol–water partition coefficient (Wildman–Crippen LogP) is -0.0293. The highest BCUT2D eigenvalue weighted by molar-refractivity contribution is 7.89. The average molecular weight is 365 g/mol. The van der Waals surface area contributed by atoms with E-state index in [4.69, 9.17) is 9.47 Å². The zero-order valence-corrected chi connectivity index (χ0v) is 16.1. The molecule has 0 unspecified atom stereocenters. The predicted molar refractivity (Wildman–Crippen MR) is 95.9 cm³/mol. The van der Waals surface area contributed by atoms with E-state index in [1.165, 1.54) is 0 Å². The number of hydrogen-bond donors (Lipinski definition) is 1. The summed E-state index contributed by atoms with van der Waals surface area (Å²) < 4.78 is 36.6. The summed E-state index contributed by atoms with van der Waals surface area (Å²) in [4.78, 5) is 6.35. The van der Waals surface area contributed by atoms with Crippen LogP contribution >= 0.6 is 0 Å². The Kier molecular flexibility index (Phi) is 9.57. The van der Waals surface area contributed by atoms with Crippen LogP contribution in [0.5, 0.6) is 0 Å². The van der Waals surface area contributed by atoms with Gasteiger partial charge >= 0.3 is 0 Å². The Morgan fingerprint density at radius 3 is 2.42 bits per heavy atom. The molecule has 8 nitrogen and oxygen atoms in total. The van der Waals surface area contributed by atoms with Crippen LogP contribution in [0, 0.1) is 0 Å². The van der Waals surface area contributed by atoms with Gasteiger partial charge < -0.3 is 19.7 Å². The molecule has 1 saturated heterocycles. The van der Waals surface area contributed by atoms with Crippen LogP contribution in [0.3, 0.4) is 0 Å². The van der Waals surface area contributed by atoms with Crippen molar-refractivity contribution in [3.05, 3.63) is 0 Å². The zero-order chi connectivity index (χ0) is 18.0. The number of sulfonamides is 1. The maximum absolute atomic E-state index is 12.3. The third kappa shape index (κ3) is 7.33. The Morgan fingerprint density at radius 2 is 1.88 bits per heavy atom. The monoisotopic (exact) mass is 364 g/mol. The minimum Gasteiger partial charge on any atom is -0.385 e. The van der Waals surface area contributed by atoms with Gasteiger partial charge in [-0.25, -0.2) is 8.42 Å². The third-order valence-electron chi connectivity index (χ3n) is 3.74. The Labute approximate surface area is 146 Å². The number of rotatable bonds is 9. The van der Waals surface area contributed by atoms with Gasteiger partial charge in [0.1, 0.15) is 0 Å².